The van der Waals surface area contributed by atoms with Crippen LogP contribution in [0.1, 0.15) is 100 Å². The number of allylic oxidation sites excluding steroid dienone is 4. The maximum Gasteiger partial charge on any atom is 0.477 e. The summed E-state index contributed by atoms with van der Waals surface area (Å²) in [6.07, 6.45) is 10.2. The molecule has 1 aliphatic rings. The first-order valence-electron chi connectivity index (χ1n) is 21.9. The molecule has 1 amide bonds. The van der Waals surface area contributed by atoms with E-state index in [0.717, 1.165) is 33.4 Å². The van der Waals surface area contributed by atoms with Gasteiger partial charge in [0, 0.05) is 17.7 Å². The summed E-state index contributed by atoms with van der Waals surface area (Å²) in [6.45, 7) is 13.6. The number of ether oxygens (including phenoxy) is 1. The second-order valence-electron chi connectivity index (χ2n) is 16.8. The third kappa shape index (κ3) is 13.9. The molecule has 338 valence electrons. The summed E-state index contributed by atoms with van der Waals surface area (Å²) in [7, 11) is 1.19. The summed E-state index contributed by atoms with van der Waals surface area (Å²) >= 11 is 0. The van der Waals surface area contributed by atoms with Crippen molar-refractivity contribution in [2.75, 3.05) is 13.7 Å². The number of nitrogens with zero attached hydrogens (tertiary/aromatic N) is 6. The molecular weight excluding hydrogens is 817 g/mol. The summed E-state index contributed by atoms with van der Waals surface area (Å²) < 4.78 is 5.57. The lowest BCUT2D eigenvalue weighted by Gasteiger charge is -2.29. The first-order chi connectivity index (χ1) is 31.2. The zero-order valence-electron chi connectivity index (χ0n) is 38.8. The van der Waals surface area contributed by atoms with E-state index in [1.807, 2.05) is 84.9 Å². The largest absolute Gasteiger partial charge is 0.477 e. The van der Waals surface area contributed by atoms with Crippen molar-refractivity contribution in [1.82, 2.24) is 25.1 Å². The minimum absolute atomic E-state index is 0.0150. The zero-order chi connectivity index (χ0) is 46.8. The molecule has 1 heterocycles. The lowest BCUT2D eigenvalue weighted by molar-refractivity contribution is -0.980. The van der Waals surface area contributed by atoms with Gasteiger partial charge in [0.25, 0.3) is 5.91 Å². The average Bonchev–Trinajstić information content (AvgIpc) is 3.82. The van der Waals surface area contributed by atoms with Crippen molar-refractivity contribution >= 4 is 11.9 Å². The quantitative estimate of drug-likeness (QED) is 0.0775. The molecule has 12 nitrogen and oxygen atoms in total. The van der Waals surface area contributed by atoms with E-state index in [-0.39, 0.29) is 30.7 Å². The van der Waals surface area contributed by atoms with Crippen LogP contribution in [0.25, 0.3) is 22.5 Å². The van der Waals surface area contributed by atoms with Crippen molar-refractivity contribution in [2.45, 2.75) is 92.0 Å². The second kappa shape index (κ2) is 23.5. The smallest absolute Gasteiger partial charge is 0.459 e. The Kier molecular flexibility index (Phi) is 17.6. The van der Waals surface area contributed by atoms with Crippen molar-refractivity contribution in [3.63, 3.8) is 0 Å². The summed E-state index contributed by atoms with van der Waals surface area (Å²) in [6, 6.07) is 42.5. The van der Waals surface area contributed by atoms with Gasteiger partial charge in [-0.1, -0.05) is 165 Å². The van der Waals surface area contributed by atoms with Gasteiger partial charge in [-0.05, 0) is 98.2 Å². The highest BCUT2D eigenvalue weighted by Crippen LogP contribution is 2.35. The van der Waals surface area contributed by atoms with Crippen LogP contribution in [0.15, 0.2) is 157 Å². The van der Waals surface area contributed by atoms with E-state index in [1.54, 1.807) is 49.8 Å². The molecule has 0 saturated heterocycles. The number of hydrogen-bond acceptors (Lipinski definition) is 9. The van der Waals surface area contributed by atoms with E-state index in [2.05, 4.69) is 85.3 Å². The number of benzene rings is 5. The molecule has 0 atom stereocenters. The van der Waals surface area contributed by atoms with Crippen molar-refractivity contribution in [1.29, 1.82) is 0 Å². The summed E-state index contributed by atoms with van der Waals surface area (Å²) in [4.78, 5) is 50.9. The van der Waals surface area contributed by atoms with Crippen molar-refractivity contribution in [3.05, 3.63) is 190 Å². The third-order valence-electron chi connectivity index (χ3n) is 10.2. The van der Waals surface area contributed by atoms with E-state index in [9.17, 15) is 14.5 Å². The zero-order valence-corrected chi connectivity index (χ0v) is 38.8. The average molecular weight is 878 g/mol. The van der Waals surface area contributed by atoms with Crippen molar-refractivity contribution in [3.8, 4) is 22.5 Å². The van der Waals surface area contributed by atoms with E-state index >= 15 is 0 Å². The van der Waals surface area contributed by atoms with Gasteiger partial charge in [0.2, 0.25) is 5.82 Å². The highest BCUT2D eigenvalue weighted by molar-refractivity contribution is 5.96. The fourth-order valence-electron chi connectivity index (χ4n) is 6.98. The molecule has 7 rings (SSSR count). The Morgan fingerprint density at radius 3 is 1.95 bits per heavy atom. The van der Waals surface area contributed by atoms with Crippen LogP contribution in [-0.4, -0.2) is 61.3 Å². The van der Waals surface area contributed by atoms with Crippen LogP contribution >= 0.6 is 0 Å². The van der Waals surface area contributed by atoms with E-state index in [1.165, 1.54) is 36.8 Å². The summed E-state index contributed by atoms with van der Waals surface area (Å²) in [5.74, 6) is -0.450. The van der Waals surface area contributed by atoms with E-state index in [0.29, 0.717) is 17.0 Å². The van der Waals surface area contributed by atoms with Gasteiger partial charge in [-0.3, -0.25) is 9.59 Å². The number of rotatable bonds is 14. The first kappa shape index (κ1) is 48.8. The Hall–Kier alpha value is -7.21. The number of tetrazole rings is 1. The molecule has 1 aliphatic carbocycles. The maximum atomic E-state index is 13.9. The molecule has 0 fully saturated rings. The van der Waals surface area contributed by atoms with Crippen LogP contribution in [0, 0.1) is 4.91 Å². The minimum atomic E-state index is -0.731. The SMILES string of the molecule is CC1=CC=CCC1.CCC.CO[N+](=O)OCc1cccc(C(=O)N(CC(=O)OC(C)(C)C)Cc2ccc(-c3ccccc3-c3nnn(C(C)(c4ccccc4)c4ccccc4)n3)cc2)c1. The molecule has 0 spiro atoms. The molecule has 6 aromatic rings. The van der Waals surface area contributed by atoms with Crippen LogP contribution in [0.5, 0.6) is 0 Å². The van der Waals surface area contributed by atoms with Gasteiger partial charge in [-0.15, -0.1) is 15.0 Å². The van der Waals surface area contributed by atoms with Gasteiger partial charge in [-0.2, -0.15) is 9.68 Å². The molecule has 0 unspecified atom stereocenters. The monoisotopic (exact) mass is 877 g/mol. The van der Waals surface area contributed by atoms with Crippen LogP contribution in [0.2, 0.25) is 0 Å². The number of esters is 1. The predicted octanol–water partition coefficient (Wildman–Crippen LogP) is 11.3. The van der Waals surface area contributed by atoms with Gasteiger partial charge < -0.3 is 9.64 Å². The Morgan fingerprint density at radius 2 is 1.40 bits per heavy atom. The fraction of sp³-hybridized carbons (Fsp3) is 0.302. The Bertz CT molecular complexity index is 2490. The van der Waals surface area contributed by atoms with Crippen LogP contribution in [-0.2, 0) is 37.9 Å². The normalized spacial score (nSPS) is 12.0. The predicted molar refractivity (Wildman–Crippen MR) is 254 cm³/mol. The molecule has 5 aromatic carbocycles. The highest BCUT2D eigenvalue weighted by atomic mass is 17.0. The van der Waals surface area contributed by atoms with Gasteiger partial charge in [0.15, 0.2) is 13.7 Å². The van der Waals surface area contributed by atoms with Gasteiger partial charge in [0.1, 0.15) is 22.6 Å². The second-order valence-corrected chi connectivity index (χ2v) is 16.8. The lowest BCUT2D eigenvalue weighted by Crippen LogP contribution is -2.38. The Morgan fingerprint density at radius 1 is 0.785 bits per heavy atom. The highest BCUT2D eigenvalue weighted by Gasteiger charge is 2.34. The number of amides is 1. The minimum Gasteiger partial charge on any atom is -0.459 e. The van der Waals surface area contributed by atoms with Gasteiger partial charge in [0.05, 0.1) is 0 Å². The van der Waals surface area contributed by atoms with Gasteiger partial charge in [-0.25, -0.2) is 0 Å². The Balaban J connectivity index is 0.000000708. The molecule has 65 heavy (non-hydrogen) atoms. The number of carbonyl (C=O) groups excluding carboxylic acids is 2. The van der Waals surface area contributed by atoms with Crippen molar-refractivity contribution < 1.29 is 29.1 Å². The lowest BCUT2D eigenvalue weighted by atomic mass is 9.85. The van der Waals surface area contributed by atoms with Crippen LogP contribution in [0.3, 0.4) is 0 Å². The summed E-state index contributed by atoms with van der Waals surface area (Å²) in [5.41, 5.74) is 6.40. The van der Waals surface area contributed by atoms with Crippen molar-refractivity contribution in [2.24, 2.45) is 0 Å². The third-order valence-corrected chi connectivity index (χ3v) is 10.2. The molecular formula is C53H61N6O6+. The molecule has 1 aromatic heterocycles. The molecule has 0 N–H and O–H groups in total. The maximum absolute atomic E-state index is 13.9. The molecule has 0 aliphatic heterocycles. The number of carbonyl (C=O) groups is 2. The van der Waals surface area contributed by atoms with Crippen LogP contribution in [0.4, 0.5) is 0 Å². The fourth-order valence-corrected chi connectivity index (χ4v) is 6.98. The Labute approximate surface area is 383 Å². The van der Waals surface area contributed by atoms with Gasteiger partial charge >= 0.3 is 11.1 Å². The topological polar surface area (TPSA) is 129 Å². The van der Waals surface area contributed by atoms with Crippen LogP contribution < -0.4 is 0 Å². The molecule has 0 saturated carbocycles. The first-order valence-corrected chi connectivity index (χ1v) is 21.9. The molecule has 0 bridgehead atoms. The molecule has 12 heteroatoms. The standard InChI is InChI=1S/C43H43N6O6.C7H10.C3H8/c1-42(2,3)55-39(50)29-47(41(51)34-16-14-15-32(27-34)30-54-49(52)53-5)28-31-23-25-33(26-24-31)37-21-12-13-22-38(37)40-44-46-48(45-40)43(4,35-17-8-6-9-18-35)36-19-10-7-11-20-36;1-7-5-3-2-4-6-7;1-3-2/h6-27H,28-30H2,1-5H3;2-3,5H,4,6H2,1H3;3H2,1-2H3/q+1;;. The molecule has 0 radical (unpaired) electrons. The van der Waals surface area contributed by atoms with E-state index < -0.39 is 17.1 Å². The summed E-state index contributed by atoms with van der Waals surface area (Å²) in [5, 5.41) is 14.1. The number of aromatic nitrogens is 4. The van der Waals surface area contributed by atoms with E-state index in [4.69, 9.17) is 14.7 Å². The number of hydrogen-bond donors (Lipinski definition) is 0.